The van der Waals surface area contributed by atoms with Crippen LogP contribution in [-0.2, 0) is 10.2 Å². The van der Waals surface area contributed by atoms with Crippen LogP contribution in [-0.4, -0.2) is 67.1 Å². The molecule has 1 aromatic heterocycles. The Morgan fingerprint density at radius 3 is 2.09 bits per heavy atom. The quantitative estimate of drug-likeness (QED) is 0.826. The van der Waals surface area contributed by atoms with Gasteiger partial charge in [0.2, 0.25) is 0 Å². The number of thiophene rings is 1. The van der Waals surface area contributed by atoms with Crippen molar-refractivity contribution >= 4 is 27.5 Å². The van der Waals surface area contributed by atoms with E-state index in [0.717, 1.165) is 25.7 Å². The zero-order chi connectivity index (χ0) is 16.3. The van der Waals surface area contributed by atoms with Crippen LogP contribution in [0.4, 0.5) is 0 Å². The Morgan fingerprint density at radius 1 is 0.913 bits per heavy atom. The minimum absolute atomic E-state index is 0.00632. The molecule has 2 aliphatic rings. The summed E-state index contributed by atoms with van der Waals surface area (Å²) in [6.07, 6.45) is 4.09. The van der Waals surface area contributed by atoms with Gasteiger partial charge in [-0.2, -0.15) is 17.0 Å². The van der Waals surface area contributed by atoms with E-state index in [1.807, 2.05) is 17.5 Å². The van der Waals surface area contributed by atoms with Gasteiger partial charge < -0.3 is 4.90 Å². The van der Waals surface area contributed by atoms with Gasteiger partial charge in [0.15, 0.2) is 0 Å². The second-order valence-corrected chi connectivity index (χ2v) is 8.87. The lowest BCUT2D eigenvalue weighted by atomic mass is 10.2. The third-order valence-electron chi connectivity index (χ3n) is 4.48. The summed E-state index contributed by atoms with van der Waals surface area (Å²) in [5.41, 5.74) is 0. The van der Waals surface area contributed by atoms with E-state index < -0.39 is 10.2 Å². The SMILES string of the molecule is O=C(c1cccs1)N1CCN(S(=O)(=O)N2CCCCCC2)CC1. The van der Waals surface area contributed by atoms with E-state index in [4.69, 9.17) is 0 Å². The van der Waals surface area contributed by atoms with Crippen molar-refractivity contribution in [1.82, 2.24) is 13.5 Å². The second-order valence-electron chi connectivity index (χ2n) is 5.99. The van der Waals surface area contributed by atoms with Crippen molar-refractivity contribution in [3.05, 3.63) is 22.4 Å². The van der Waals surface area contributed by atoms with E-state index in [1.165, 1.54) is 15.6 Å². The van der Waals surface area contributed by atoms with Crippen molar-refractivity contribution in [2.45, 2.75) is 25.7 Å². The topological polar surface area (TPSA) is 60.9 Å². The largest absolute Gasteiger partial charge is 0.335 e. The fourth-order valence-electron chi connectivity index (χ4n) is 3.11. The third-order valence-corrected chi connectivity index (χ3v) is 7.37. The highest BCUT2D eigenvalue weighted by Crippen LogP contribution is 2.19. The molecule has 0 aliphatic carbocycles. The number of hydrogen-bond donors (Lipinski definition) is 0. The maximum atomic E-state index is 12.7. The molecule has 8 heteroatoms. The number of carbonyl (C=O) groups is 1. The van der Waals surface area contributed by atoms with Gasteiger partial charge in [0.25, 0.3) is 16.1 Å². The van der Waals surface area contributed by atoms with Crippen molar-refractivity contribution < 1.29 is 13.2 Å². The summed E-state index contributed by atoms with van der Waals surface area (Å²) in [6, 6.07) is 3.67. The minimum atomic E-state index is -3.38. The first-order valence-corrected chi connectivity index (χ1v) is 10.4. The average Bonchev–Trinajstić information content (AvgIpc) is 2.96. The highest BCUT2D eigenvalue weighted by atomic mass is 32.2. The van der Waals surface area contributed by atoms with Crippen LogP contribution in [0.1, 0.15) is 35.4 Å². The van der Waals surface area contributed by atoms with Crippen LogP contribution < -0.4 is 0 Å². The summed E-state index contributed by atoms with van der Waals surface area (Å²) in [6.45, 7) is 2.94. The molecule has 23 heavy (non-hydrogen) atoms. The van der Waals surface area contributed by atoms with Crippen molar-refractivity contribution in [2.75, 3.05) is 39.3 Å². The minimum Gasteiger partial charge on any atom is -0.335 e. The summed E-state index contributed by atoms with van der Waals surface area (Å²) in [7, 11) is -3.38. The number of rotatable bonds is 3. The van der Waals surface area contributed by atoms with Crippen LogP contribution in [0.5, 0.6) is 0 Å². The number of hydrogen-bond acceptors (Lipinski definition) is 4. The third kappa shape index (κ3) is 3.76. The van der Waals surface area contributed by atoms with E-state index >= 15 is 0 Å². The number of amides is 1. The van der Waals surface area contributed by atoms with E-state index in [-0.39, 0.29) is 5.91 Å². The Labute approximate surface area is 141 Å². The van der Waals surface area contributed by atoms with E-state index in [9.17, 15) is 13.2 Å². The Kier molecular flexibility index (Phi) is 5.35. The van der Waals surface area contributed by atoms with E-state index in [2.05, 4.69) is 0 Å². The molecule has 2 aliphatic heterocycles. The number of nitrogens with zero attached hydrogens (tertiary/aromatic N) is 3. The van der Waals surface area contributed by atoms with Crippen LogP contribution in [0.3, 0.4) is 0 Å². The summed E-state index contributed by atoms with van der Waals surface area (Å²) in [5, 5.41) is 1.88. The molecule has 0 saturated carbocycles. The standard InChI is InChI=1S/C15H23N3O3S2/c19-15(14-6-5-13-22-14)16-9-11-18(12-10-16)23(20,21)17-7-3-1-2-4-8-17/h5-6,13H,1-4,7-12H2. The van der Waals surface area contributed by atoms with Crippen molar-refractivity contribution in [1.29, 1.82) is 0 Å². The molecule has 0 aromatic carbocycles. The molecule has 0 spiro atoms. The van der Waals surface area contributed by atoms with Gasteiger partial charge >= 0.3 is 0 Å². The molecule has 0 radical (unpaired) electrons. The fourth-order valence-corrected chi connectivity index (χ4v) is 5.48. The lowest BCUT2D eigenvalue weighted by molar-refractivity contribution is 0.0699. The van der Waals surface area contributed by atoms with Crippen LogP contribution in [0, 0.1) is 0 Å². The summed E-state index contributed by atoms with van der Waals surface area (Å²) >= 11 is 1.42. The maximum Gasteiger partial charge on any atom is 0.282 e. The molecule has 0 N–H and O–H groups in total. The fraction of sp³-hybridized carbons (Fsp3) is 0.667. The van der Waals surface area contributed by atoms with Gasteiger partial charge in [-0.05, 0) is 24.3 Å². The second kappa shape index (κ2) is 7.29. The Balaban J connectivity index is 1.60. The van der Waals surface area contributed by atoms with Gasteiger partial charge in [-0.25, -0.2) is 0 Å². The smallest absolute Gasteiger partial charge is 0.282 e. The van der Waals surface area contributed by atoms with Crippen LogP contribution in [0.2, 0.25) is 0 Å². The lowest BCUT2D eigenvalue weighted by Crippen LogP contribution is -2.54. The molecule has 128 valence electrons. The predicted molar refractivity (Wildman–Crippen MR) is 90.8 cm³/mol. The average molecular weight is 358 g/mol. The van der Waals surface area contributed by atoms with Crippen molar-refractivity contribution in [2.24, 2.45) is 0 Å². The van der Waals surface area contributed by atoms with Gasteiger partial charge in [0.1, 0.15) is 0 Å². The zero-order valence-corrected chi connectivity index (χ0v) is 14.8. The Morgan fingerprint density at radius 2 is 1.52 bits per heavy atom. The van der Waals surface area contributed by atoms with Crippen molar-refractivity contribution in [3.63, 3.8) is 0 Å². The number of carbonyl (C=O) groups excluding carboxylic acids is 1. The van der Waals surface area contributed by atoms with Crippen LogP contribution in [0.15, 0.2) is 17.5 Å². The molecule has 2 saturated heterocycles. The predicted octanol–water partition coefficient (Wildman–Crippen LogP) is 1.63. The van der Waals surface area contributed by atoms with Gasteiger partial charge in [-0.15, -0.1) is 11.3 Å². The molecule has 2 fully saturated rings. The molecule has 0 bridgehead atoms. The molecule has 0 unspecified atom stereocenters. The van der Waals surface area contributed by atoms with Crippen LogP contribution in [0.25, 0.3) is 0 Å². The van der Waals surface area contributed by atoms with Gasteiger partial charge in [0.05, 0.1) is 4.88 Å². The highest BCUT2D eigenvalue weighted by Gasteiger charge is 2.33. The molecule has 1 aromatic rings. The van der Waals surface area contributed by atoms with Gasteiger partial charge in [0, 0.05) is 39.3 Å². The molecule has 3 heterocycles. The molecular weight excluding hydrogens is 334 g/mol. The van der Waals surface area contributed by atoms with E-state index in [0.29, 0.717) is 44.1 Å². The van der Waals surface area contributed by atoms with Crippen LogP contribution >= 0.6 is 11.3 Å². The normalized spacial score (nSPS) is 22.0. The van der Waals surface area contributed by atoms with Gasteiger partial charge in [-0.1, -0.05) is 18.9 Å². The molecule has 1 amide bonds. The first-order chi connectivity index (χ1) is 11.1. The Bertz CT molecular complexity index is 614. The molecule has 0 atom stereocenters. The summed E-state index contributed by atoms with van der Waals surface area (Å²) < 4.78 is 28.7. The summed E-state index contributed by atoms with van der Waals surface area (Å²) in [5.74, 6) is 0.00632. The highest BCUT2D eigenvalue weighted by molar-refractivity contribution is 7.86. The maximum absolute atomic E-state index is 12.7. The Hall–Kier alpha value is -0.960. The molecular formula is C15H23N3O3S2. The lowest BCUT2D eigenvalue weighted by Gasteiger charge is -2.36. The van der Waals surface area contributed by atoms with Crippen molar-refractivity contribution in [3.8, 4) is 0 Å². The monoisotopic (exact) mass is 357 g/mol. The van der Waals surface area contributed by atoms with Gasteiger partial charge in [-0.3, -0.25) is 4.79 Å². The first-order valence-electron chi connectivity index (χ1n) is 8.17. The zero-order valence-electron chi connectivity index (χ0n) is 13.2. The van der Waals surface area contributed by atoms with E-state index in [1.54, 1.807) is 9.21 Å². The summed E-state index contributed by atoms with van der Waals surface area (Å²) in [4.78, 5) is 14.8. The first kappa shape index (κ1) is 16.9. The molecule has 3 rings (SSSR count). The number of piperazine rings is 1. The molecule has 6 nitrogen and oxygen atoms in total.